The molecule has 22 heavy (non-hydrogen) atoms. The lowest BCUT2D eigenvalue weighted by molar-refractivity contribution is -0.742. The average molecular weight is 321 g/mol. The third kappa shape index (κ3) is 5.72. The first-order valence-electron chi connectivity index (χ1n) is 5.56. The first kappa shape index (κ1) is 16.7. The van der Waals surface area contributed by atoms with Gasteiger partial charge in [-0.25, -0.2) is 4.98 Å². The molecule has 6 N–H and O–H groups in total. The van der Waals surface area contributed by atoms with Crippen molar-refractivity contribution < 1.29 is 10.3 Å². The first-order chi connectivity index (χ1) is 10.4. The topological polar surface area (TPSA) is 176 Å². The van der Waals surface area contributed by atoms with Crippen LogP contribution >= 0.6 is 11.3 Å². The van der Waals surface area contributed by atoms with Crippen molar-refractivity contribution in [2.24, 2.45) is 16.5 Å². The van der Waals surface area contributed by atoms with E-state index in [4.69, 9.17) is 32.1 Å². The van der Waals surface area contributed by atoms with Gasteiger partial charge in [0.15, 0.2) is 12.2 Å². The Balaban J connectivity index is 0.000000541. The number of guanidine groups is 1. The molecule has 0 spiro atoms. The van der Waals surface area contributed by atoms with Crippen molar-refractivity contribution in [3.05, 3.63) is 39.8 Å². The summed E-state index contributed by atoms with van der Waals surface area (Å²) in [4.78, 5) is 16.5. The van der Waals surface area contributed by atoms with E-state index in [1.807, 2.05) is 29.8 Å². The summed E-state index contributed by atoms with van der Waals surface area (Å²) in [6.07, 6.45) is 1.87. The third-order valence-electron chi connectivity index (χ3n) is 2.08. The molecule has 2 rings (SSSR count). The number of rotatable bonds is 3. The number of hydrogen-bond acceptors (Lipinski definition) is 7. The monoisotopic (exact) mass is 321 g/mol. The highest BCUT2D eigenvalue weighted by Crippen LogP contribution is 2.27. The molecule has 0 radical (unpaired) electrons. The predicted octanol–water partition coefficient (Wildman–Crippen LogP) is 1.26. The van der Waals surface area contributed by atoms with Gasteiger partial charge in [0, 0.05) is 16.6 Å². The molecule has 0 amide bonds. The Morgan fingerprint density at radius 1 is 1.55 bits per heavy atom. The molecule has 0 aliphatic heterocycles. The van der Waals surface area contributed by atoms with E-state index < -0.39 is 5.09 Å². The summed E-state index contributed by atoms with van der Waals surface area (Å²) in [7, 11) is 0. The van der Waals surface area contributed by atoms with Crippen LogP contribution in [0, 0.1) is 21.6 Å². The second-order valence-corrected chi connectivity index (χ2v) is 4.44. The summed E-state index contributed by atoms with van der Waals surface area (Å²) in [6.45, 7) is 0. The van der Waals surface area contributed by atoms with Gasteiger partial charge < -0.3 is 16.7 Å². The number of nitrogens with two attached hydrogens (primary N) is 2. The van der Waals surface area contributed by atoms with E-state index in [1.54, 1.807) is 6.07 Å². The molecule has 1 aromatic carbocycles. The summed E-state index contributed by atoms with van der Waals surface area (Å²) in [5.74, 6) is -0.0178. The highest BCUT2D eigenvalue weighted by Gasteiger charge is 2.04. The van der Waals surface area contributed by atoms with E-state index in [-0.39, 0.29) is 5.96 Å². The molecule has 0 saturated heterocycles. The molecule has 0 bridgehead atoms. The zero-order valence-electron chi connectivity index (χ0n) is 11.0. The van der Waals surface area contributed by atoms with Crippen LogP contribution in [0.4, 0.5) is 10.8 Å². The normalized spacial score (nSPS) is 8.86. The van der Waals surface area contributed by atoms with Crippen molar-refractivity contribution in [3.63, 3.8) is 0 Å². The van der Waals surface area contributed by atoms with Crippen molar-refractivity contribution in [2.45, 2.75) is 0 Å². The summed E-state index contributed by atoms with van der Waals surface area (Å²) in [6, 6.07) is 7.37. The Bertz CT molecular complexity index is 714. The van der Waals surface area contributed by atoms with Gasteiger partial charge in [0.25, 0.3) is 5.09 Å². The van der Waals surface area contributed by atoms with Crippen LogP contribution in [0.1, 0.15) is 0 Å². The average Bonchev–Trinajstić information content (AvgIpc) is 2.86. The van der Waals surface area contributed by atoms with Crippen molar-refractivity contribution in [3.8, 4) is 17.5 Å². The Morgan fingerprint density at radius 2 is 2.23 bits per heavy atom. The first-order valence-corrected chi connectivity index (χ1v) is 6.44. The van der Waals surface area contributed by atoms with Crippen LogP contribution in [0.5, 0.6) is 0 Å². The molecule has 1 heterocycles. The van der Waals surface area contributed by atoms with Gasteiger partial charge in [0.05, 0.1) is 5.69 Å². The summed E-state index contributed by atoms with van der Waals surface area (Å²) >= 11 is 1.35. The van der Waals surface area contributed by atoms with Crippen molar-refractivity contribution in [1.82, 2.24) is 4.98 Å². The zero-order chi connectivity index (χ0) is 16.5. The van der Waals surface area contributed by atoms with Gasteiger partial charge in [0.1, 0.15) is 0 Å². The minimum absolute atomic E-state index is 0.0178. The second kappa shape index (κ2) is 8.02. The smallest absolute Gasteiger partial charge is 0.291 e. The fourth-order valence-corrected chi connectivity index (χ4v) is 2.09. The van der Waals surface area contributed by atoms with E-state index in [1.165, 1.54) is 11.3 Å². The highest BCUT2D eigenvalue weighted by molar-refractivity contribution is 7.13. The molecule has 0 atom stereocenters. The predicted molar refractivity (Wildman–Crippen MR) is 81.0 cm³/mol. The number of anilines is 1. The van der Waals surface area contributed by atoms with Gasteiger partial charge in [0.2, 0.25) is 5.13 Å². The van der Waals surface area contributed by atoms with Gasteiger partial charge in [-0.2, -0.15) is 10.3 Å². The largest absolute Gasteiger partial charge is 0.370 e. The van der Waals surface area contributed by atoms with Crippen LogP contribution in [-0.2, 0) is 0 Å². The lowest BCUT2D eigenvalue weighted by atomic mass is 10.1. The maximum atomic E-state index is 8.56. The molecule has 10 nitrogen and oxygen atoms in total. The maximum absolute atomic E-state index is 8.56. The highest BCUT2D eigenvalue weighted by atomic mass is 32.1. The van der Waals surface area contributed by atoms with E-state index in [2.05, 4.69) is 15.3 Å². The Hall–Kier alpha value is -3.39. The fourth-order valence-electron chi connectivity index (χ4n) is 1.38. The number of aliphatic imine (C=N–C) groups is 1. The molecular formula is C11H11N7O3S. The standard InChI is InChI=1S/C11H10N6S.HNO3/c12-6-15-8-3-1-2-7(4-8)9-5-18-11(16-9)17-10(13)14;2-1(3)4/h1-5,15H,(H4,13,14,16,17);(H,2,3,4). The minimum atomic E-state index is -1.50. The van der Waals surface area contributed by atoms with E-state index in [0.717, 1.165) is 11.3 Å². The Morgan fingerprint density at radius 3 is 2.82 bits per heavy atom. The molecule has 0 saturated carbocycles. The number of nitriles is 1. The third-order valence-corrected chi connectivity index (χ3v) is 2.81. The van der Waals surface area contributed by atoms with Crippen LogP contribution in [0.15, 0.2) is 34.6 Å². The summed E-state index contributed by atoms with van der Waals surface area (Å²) in [5, 5.41) is 27.1. The summed E-state index contributed by atoms with van der Waals surface area (Å²) < 4.78 is 0. The molecule has 0 aliphatic rings. The van der Waals surface area contributed by atoms with E-state index >= 15 is 0 Å². The van der Waals surface area contributed by atoms with Crippen LogP contribution in [0.3, 0.4) is 0 Å². The molecule has 0 aliphatic carbocycles. The quantitative estimate of drug-likeness (QED) is 0.163. The molecule has 114 valence electrons. The van der Waals surface area contributed by atoms with Gasteiger partial charge in [-0.05, 0) is 12.1 Å². The number of hydrogen-bond donors (Lipinski definition) is 4. The molecular weight excluding hydrogens is 310 g/mol. The van der Waals surface area contributed by atoms with Crippen LogP contribution in [0.2, 0.25) is 0 Å². The number of nitrogens with one attached hydrogen (secondary N) is 1. The van der Waals surface area contributed by atoms with Crippen LogP contribution in [-0.4, -0.2) is 21.2 Å². The Kier molecular flexibility index (Phi) is 6.08. The second-order valence-electron chi connectivity index (χ2n) is 3.61. The SMILES string of the molecule is N#CNc1cccc(-c2csc(N=C(N)N)n2)c1.O=[N+]([O-])O. The molecule has 2 aromatic rings. The number of benzene rings is 1. The molecule has 0 fully saturated rings. The van der Waals surface area contributed by atoms with E-state index in [9.17, 15) is 0 Å². The number of aromatic nitrogens is 1. The van der Waals surface area contributed by atoms with Gasteiger partial charge in [-0.1, -0.05) is 12.1 Å². The van der Waals surface area contributed by atoms with Crippen molar-refractivity contribution >= 4 is 28.1 Å². The number of thiazole rings is 1. The van der Waals surface area contributed by atoms with Crippen molar-refractivity contribution in [1.29, 1.82) is 5.26 Å². The van der Waals surface area contributed by atoms with Crippen molar-refractivity contribution in [2.75, 3.05) is 5.32 Å². The molecule has 1 aromatic heterocycles. The summed E-state index contributed by atoms with van der Waals surface area (Å²) in [5.41, 5.74) is 12.9. The van der Waals surface area contributed by atoms with Crippen LogP contribution in [0.25, 0.3) is 11.3 Å². The van der Waals surface area contributed by atoms with E-state index in [0.29, 0.717) is 10.8 Å². The molecule has 0 unspecified atom stereocenters. The maximum Gasteiger partial charge on any atom is 0.291 e. The lowest BCUT2D eigenvalue weighted by Gasteiger charge is -2.00. The zero-order valence-corrected chi connectivity index (χ0v) is 11.8. The Labute approximate surface area is 128 Å². The van der Waals surface area contributed by atoms with Gasteiger partial charge in [-0.15, -0.1) is 21.5 Å². The number of nitrogens with zero attached hydrogens (tertiary/aromatic N) is 4. The van der Waals surface area contributed by atoms with Crippen LogP contribution < -0.4 is 16.8 Å². The molecule has 11 heteroatoms. The van der Waals surface area contributed by atoms with Gasteiger partial charge >= 0.3 is 0 Å². The fraction of sp³-hybridized carbons (Fsp3) is 0. The minimum Gasteiger partial charge on any atom is -0.370 e. The lowest BCUT2D eigenvalue weighted by Crippen LogP contribution is -2.21. The van der Waals surface area contributed by atoms with Gasteiger partial charge in [-0.3, -0.25) is 5.32 Å².